The first kappa shape index (κ1) is 11.4. The lowest BCUT2D eigenvalue weighted by molar-refractivity contribution is 0.627. The van der Waals surface area contributed by atoms with E-state index >= 15 is 0 Å². The Balaban J connectivity index is 2.54. The zero-order valence-electron chi connectivity index (χ0n) is 9.57. The molecule has 84 valence electrons. The monoisotopic (exact) mass is 278 g/mol. The molecular weight excluding hydrogens is 264 g/mol. The number of hydrogen-bond donors (Lipinski definition) is 0. The van der Waals surface area contributed by atoms with Crippen LogP contribution in [0.2, 0.25) is 0 Å². The third-order valence-electron chi connectivity index (χ3n) is 2.68. The summed E-state index contributed by atoms with van der Waals surface area (Å²) >= 11 is 3.66. The van der Waals surface area contributed by atoms with Gasteiger partial charge < -0.3 is 0 Å². The molecule has 0 aliphatic rings. The molecule has 2 nitrogen and oxygen atoms in total. The van der Waals surface area contributed by atoms with Gasteiger partial charge in [-0.1, -0.05) is 37.3 Å². The second kappa shape index (κ2) is 4.83. The molecule has 3 heteroatoms. The summed E-state index contributed by atoms with van der Waals surface area (Å²) in [5.41, 5.74) is 3.47. The van der Waals surface area contributed by atoms with Gasteiger partial charge in [0.25, 0.3) is 0 Å². The van der Waals surface area contributed by atoms with Crippen LogP contribution in [0.4, 0.5) is 0 Å². The summed E-state index contributed by atoms with van der Waals surface area (Å²) in [7, 11) is 0. The maximum Gasteiger partial charge on any atom is 0.107 e. The van der Waals surface area contributed by atoms with E-state index < -0.39 is 0 Å². The maximum atomic E-state index is 4.64. The Morgan fingerprint density at radius 1 is 1.19 bits per heavy atom. The average molecular weight is 279 g/mol. The Bertz CT molecular complexity index is 474. The summed E-state index contributed by atoms with van der Waals surface area (Å²) in [5.74, 6) is 0. The minimum atomic E-state index is 0.911. The van der Waals surface area contributed by atoms with Crippen LogP contribution in [0.15, 0.2) is 34.8 Å². The van der Waals surface area contributed by atoms with Crippen molar-refractivity contribution >= 4 is 15.9 Å². The molecule has 0 aliphatic heterocycles. The second-order valence-electron chi connectivity index (χ2n) is 3.64. The lowest BCUT2D eigenvalue weighted by Crippen LogP contribution is -2.01. The number of aromatic nitrogens is 2. The third-order valence-corrected chi connectivity index (χ3v) is 3.51. The second-order valence-corrected chi connectivity index (χ2v) is 4.44. The van der Waals surface area contributed by atoms with Crippen molar-refractivity contribution < 1.29 is 0 Å². The number of hydrogen-bond acceptors (Lipinski definition) is 1. The fraction of sp³-hybridized carbons (Fsp3) is 0.308. The summed E-state index contributed by atoms with van der Waals surface area (Å²) in [6.07, 6.45) is 0.994. The van der Waals surface area contributed by atoms with E-state index in [4.69, 9.17) is 0 Å². The van der Waals surface area contributed by atoms with Crippen molar-refractivity contribution in [3.8, 4) is 11.3 Å². The lowest BCUT2D eigenvalue weighted by atomic mass is 10.1. The molecule has 0 amide bonds. The standard InChI is InChI=1S/C13H15BrN2/c1-3-11-12(14)13(15-16(11)4-2)10-8-6-5-7-9-10/h5-9H,3-4H2,1-2H3. The van der Waals surface area contributed by atoms with Crippen LogP contribution in [-0.2, 0) is 13.0 Å². The van der Waals surface area contributed by atoms with Crippen LogP contribution in [0.5, 0.6) is 0 Å². The van der Waals surface area contributed by atoms with Crippen LogP contribution in [0, 0.1) is 0 Å². The van der Waals surface area contributed by atoms with Crippen LogP contribution in [0.1, 0.15) is 19.5 Å². The van der Waals surface area contributed by atoms with Gasteiger partial charge in [0.2, 0.25) is 0 Å². The molecule has 0 fully saturated rings. The molecule has 0 unspecified atom stereocenters. The fourth-order valence-electron chi connectivity index (χ4n) is 1.85. The highest BCUT2D eigenvalue weighted by atomic mass is 79.9. The van der Waals surface area contributed by atoms with Gasteiger partial charge >= 0.3 is 0 Å². The molecule has 0 atom stereocenters. The first-order chi connectivity index (χ1) is 7.77. The number of halogens is 1. The number of nitrogens with zero attached hydrogens (tertiary/aromatic N) is 2. The van der Waals surface area contributed by atoms with E-state index in [-0.39, 0.29) is 0 Å². The van der Waals surface area contributed by atoms with E-state index in [9.17, 15) is 0 Å². The number of benzene rings is 1. The molecule has 0 radical (unpaired) electrons. The molecular formula is C13H15BrN2. The summed E-state index contributed by atoms with van der Waals surface area (Å²) in [4.78, 5) is 0. The SMILES string of the molecule is CCc1c(Br)c(-c2ccccc2)nn1CC. The highest BCUT2D eigenvalue weighted by molar-refractivity contribution is 9.10. The van der Waals surface area contributed by atoms with E-state index in [1.807, 2.05) is 18.2 Å². The third kappa shape index (κ3) is 1.92. The highest BCUT2D eigenvalue weighted by Gasteiger charge is 2.14. The molecule has 0 saturated heterocycles. The molecule has 1 aromatic carbocycles. The molecule has 0 bridgehead atoms. The Morgan fingerprint density at radius 3 is 2.38 bits per heavy atom. The summed E-state index contributed by atoms with van der Waals surface area (Å²) < 4.78 is 3.19. The van der Waals surface area contributed by atoms with Gasteiger partial charge in [-0.2, -0.15) is 5.10 Å². The summed E-state index contributed by atoms with van der Waals surface area (Å²) in [5, 5.41) is 4.64. The van der Waals surface area contributed by atoms with Gasteiger partial charge in [-0.25, -0.2) is 0 Å². The molecule has 0 saturated carbocycles. The zero-order chi connectivity index (χ0) is 11.5. The van der Waals surface area contributed by atoms with Gasteiger partial charge in [0.05, 0.1) is 10.2 Å². The van der Waals surface area contributed by atoms with E-state index in [0.29, 0.717) is 0 Å². The number of aryl methyl sites for hydroxylation is 1. The smallest absolute Gasteiger partial charge is 0.107 e. The van der Waals surface area contributed by atoms with Gasteiger partial charge in [-0.05, 0) is 29.3 Å². The van der Waals surface area contributed by atoms with Crippen molar-refractivity contribution in [3.05, 3.63) is 40.5 Å². The van der Waals surface area contributed by atoms with Crippen molar-refractivity contribution in [2.75, 3.05) is 0 Å². The Labute approximate surface area is 104 Å². The molecule has 2 rings (SSSR count). The molecule has 0 aliphatic carbocycles. The minimum absolute atomic E-state index is 0.911. The van der Waals surface area contributed by atoms with Crippen LogP contribution in [0.3, 0.4) is 0 Å². The normalized spacial score (nSPS) is 10.7. The highest BCUT2D eigenvalue weighted by Crippen LogP contribution is 2.30. The molecule has 2 aromatic rings. The van der Waals surface area contributed by atoms with Crippen LogP contribution < -0.4 is 0 Å². The van der Waals surface area contributed by atoms with E-state index in [1.165, 1.54) is 5.69 Å². The minimum Gasteiger partial charge on any atom is -0.268 e. The average Bonchev–Trinajstić information content (AvgIpc) is 2.66. The van der Waals surface area contributed by atoms with Gasteiger partial charge in [0.15, 0.2) is 0 Å². The molecule has 16 heavy (non-hydrogen) atoms. The van der Waals surface area contributed by atoms with E-state index in [1.54, 1.807) is 0 Å². The predicted molar refractivity (Wildman–Crippen MR) is 70.4 cm³/mol. The quantitative estimate of drug-likeness (QED) is 0.833. The topological polar surface area (TPSA) is 17.8 Å². The van der Waals surface area contributed by atoms with Gasteiger partial charge in [0, 0.05) is 12.1 Å². The largest absolute Gasteiger partial charge is 0.268 e. The van der Waals surface area contributed by atoms with Crippen LogP contribution in [-0.4, -0.2) is 9.78 Å². The summed E-state index contributed by atoms with van der Waals surface area (Å²) in [6, 6.07) is 10.3. The molecule has 0 spiro atoms. The lowest BCUT2D eigenvalue weighted by Gasteiger charge is -2.00. The van der Waals surface area contributed by atoms with E-state index in [2.05, 4.69) is 51.7 Å². The van der Waals surface area contributed by atoms with Crippen LogP contribution in [0.25, 0.3) is 11.3 Å². The first-order valence-electron chi connectivity index (χ1n) is 5.58. The Morgan fingerprint density at radius 2 is 1.88 bits per heavy atom. The van der Waals surface area contributed by atoms with Gasteiger partial charge in [-0.3, -0.25) is 4.68 Å². The predicted octanol–water partition coefficient (Wildman–Crippen LogP) is 3.89. The molecule has 0 N–H and O–H groups in total. The zero-order valence-corrected chi connectivity index (χ0v) is 11.2. The molecule has 1 heterocycles. The maximum absolute atomic E-state index is 4.64. The van der Waals surface area contributed by atoms with Crippen molar-refractivity contribution in [2.24, 2.45) is 0 Å². The Kier molecular flexibility index (Phi) is 3.44. The fourth-order valence-corrected chi connectivity index (χ4v) is 2.65. The number of rotatable bonds is 3. The van der Waals surface area contributed by atoms with Gasteiger partial charge in [0.1, 0.15) is 5.69 Å². The van der Waals surface area contributed by atoms with Crippen molar-refractivity contribution in [3.63, 3.8) is 0 Å². The van der Waals surface area contributed by atoms with Crippen molar-refractivity contribution in [2.45, 2.75) is 26.8 Å². The molecule has 1 aromatic heterocycles. The first-order valence-corrected chi connectivity index (χ1v) is 6.37. The van der Waals surface area contributed by atoms with E-state index in [0.717, 1.165) is 28.7 Å². The van der Waals surface area contributed by atoms with Crippen molar-refractivity contribution in [1.29, 1.82) is 0 Å². The summed E-state index contributed by atoms with van der Waals surface area (Å²) in [6.45, 7) is 5.19. The van der Waals surface area contributed by atoms with Crippen LogP contribution >= 0.6 is 15.9 Å². The van der Waals surface area contributed by atoms with Gasteiger partial charge in [-0.15, -0.1) is 0 Å². The van der Waals surface area contributed by atoms with Crippen molar-refractivity contribution in [1.82, 2.24) is 9.78 Å². The Hall–Kier alpha value is -1.09.